The molecule has 0 amide bonds. The normalized spacial score (nSPS) is 19.1. The van der Waals surface area contributed by atoms with Gasteiger partial charge in [-0.25, -0.2) is 0 Å². The largest absolute Gasteiger partial charge is 0.490 e. The fourth-order valence-corrected chi connectivity index (χ4v) is 6.46. The van der Waals surface area contributed by atoms with Gasteiger partial charge in [0.05, 0.1) is 22.8 Å². The zero-order valence-corrected chi connectivity index (χ0v) is 25.5. The molecule has 6 heteroatoms. The second-order valence-corrected chi connectivity index (χ2v) is 11.9. The maximum atomic E-state index is 6.12. The third-order valence-corrected chi connectivity index (χ3v) is 8.60. The van der Waals surface area contributed by atoms with Gasteiger partial charge in [-0.15, -0.1) is 0 Å². The highest BCUT2D eigenvalue weighted by Gasteiger charge is 2.37. The summed E-state index contributed by atoms with van der Waals surface area (Å²) in [5.41, 5.74) is 8.11. The van der Waals surface area contributed by atoms with Crippen LogP contribution < -0.4 is 14.8 Å². The third-order valence-electron chi connectivity index (χ3n) is 7.76. The van der Waals surface area contributed by atoms with Gasteiger partial charge in [0.25, 0.3) is 0 Å². The van der Waals surface area contributed by atoms with Gasteiger partial charge in [0.2, 0.25) is 0 Å². The van der Waals surface area contributed by atoms with Gasteiger partial charge >= 0.3 is 0 Å². The van der Waals surface area contributed by atoms with E-state index in [4.69, 9.17) is 26.1 Å². The number of fused-ring (bicyclic) bond motifs is 3. The molecule has 4 nitrogen and oxygen atoms in total. The van der Waals surface area contributed by atoms with Gasteiger partial charge in [-0.05, 0) is 107 Å². The Morgan fingerprint density at radius 1 is 1.00 bits per heavy atom. The smallest absolute Gasteiger partial charge is 0.175 e. The lowest BCUT2D eigenvalue weighted by atomic mass is 9.76. The summed E-state index contributed by atoms with van der Waals surface area (Å²) in [5.74, 6) is 2.32. The molecule has 0 fully saturated rings. The van der Waals surface area contributed by atoms with Gasteiger partial charge in [0.15, 0.2) is 11.5 Å². The van der Waals surface area contributed by atoms with Crippen molar-refractivity contribution in [1.82, 2.24) is 0 Å². The van der Waals surface area contributed by atoms with Crippen LogP contribution in [0.3, 0.4) is 0 Å². The van der Waals surface area contributed by atoms with Crippen molar-refractivity contribution in [2.45, 2.75) is 38.8 Å². The van der Waals surface area contributed by atoms with Crippen LogP contribution in [0.5, 0.6) is 11.5 Å². The third kappa shape index (κ3) is 6.07. The average Bonchev–Trinajstić information content (AvgIpc) is 3.47. The van der Waals surface area contributed by atoms with E-state index in [1.165, 1.54) is 22.4 Å². The molecule has 4 aromatic rings. The number of allylic oxidation sites excluding steroid dienone is 2. The maximum absolute atomic E-state index is 6.12. The Morgan fingerprint density at radius 3 is 2.59 bits per heavy atom. The summed E-state index contributed by atoms with van der Waals surface area (Å²) in [4.78, 5) is 4.76. The van der Waals surface area contributed by atoms with E-state index >= 15 is 0 Å². The number of hydrogen-bond donors (Lipinski definition) is 1. The molecule has 4 aromatic carbocycles. The van der Waals surface area contributed by atoms with Gasteiger partial charge in [0, 0.05) is 22.8 Å². The molecule has 1 aliphatic heterocycles. The van der Waals surface area contributed by atoms with Crippen molar-refractivity contribution < 1.29 is 9.47 Å². The maximum Gasteiger partial charge on any atom is 0.175 e. The van der Waals surface area contributed by atoms with Crippen molar-refractivity contribution in [2.24, 2.45) is 10.9 Å². The summed E-state index contributed by atoms with van der Waals surface area (Å²) in [6, 6.07) is 27.2. The molecule has 41 heavy (non-hydrogen) atoms. The van der Waals surface area contributed by atoms with E-state index in [-0.39, 0.29) is 6.04 Å². The molecule has 0 spiro atoms. The number of aryl methyl sites for hydroxylation is 1. The van der Waals surface area contributed by atoms with Crippen LogP contribution in [-0.4, -0.2) is 12.8 Å². The quantitative estimate of drug-likeness (QED) is 0.156. The van der Waals surface area contributed by atoms with Crippen molar-refractivity contribution in [3.8, 4) is 11.5 Å². The van der Waals surface area contributed by atoms with Crippen molar-refractivity contribution in [3.63, 3.8) is 0 Å². The van der Waals surface area contributed by atoms with Crippen LogP contribution >= 0.6 is 27.5 Å². The first-order valence-electron chi connectivity index (χ1n) is 14.0. The number of hydrogen-bond acceptors (Lipinski definition) is 4. The molecule has 1 heterocycles. The van der Waals surface area contributed by atoms with E-state index in [2.05, 4.69) is 82.8 Å². The number of halogens is 2. The fraction of sp³-hybridized carbons (Fsp3) is 0.229. The van der Waals surface area contributed by atoms with E-state index in [9.17, 15) is 0 Å². The van der Waals surface area contributed by atoms with Crippen LogP contribution in [0.15, 0.2) is 100 Å². The summed E-state index contributed by atoms with van der Waals surface area (Å²) in [6.45, 7) is 5.07. The molecule has 1 aliphatic carbocycles. The first kappa shape index (κ1) is 27.6. The van der Waals surface area contributed by atoms with E-state index in [1.54, 1.807) is 0 Å². The molecule has 3 atom stereocenters. The molecule has 0 unspecified atom stereocenters. The Bertz CT molecular complexity index is 1600. The molecule has 0 aromatic heterocycles. The fourth-order valence-electron chi connectivity index (χ4n) is 5.76. The summed E-state index contributed by atoms with van der Waals surface area (Å²) >= 11 is 9.68. The number of nitrogens with zero attached hydrogens (tertiary/aromatic N) is 1. The minimum absolute atomic E-state index is 0.272. The van der Waals surface area contributed by atoms with Crippen LogP contribution in [0.25, 0.3) is 0 Å². The van der Waals surface area contributed by atoms with Crippen LogP contribution in [0.2, 0.25) is 5.02 Å². The average molecular weight is 628 g/mol. The number of rotatable bonds is 8. The minimum atomic E-state index is 0.272. The van der Waals surface area contributed by atoms with E-state index in [0.717, 1.165) is 27.7 Å². The lowest BCUT2D eigenvalue weighted by Gasteiger charge is -2.37. The van der Waals surface area contributed by atoms with Crippen molar-refractivity contribution in [2.75, 3.05) is 11.9 Å². The minimum Gasteiger partial charge on any atom is -0.490 e. The summed E-state index contributed by atoms with van der Waals surface area (Å²) in [5, 5.41) is 4.53. The number of anilines is 1. The van der Waals surface area contributed by atoms with Crippen LogP contribution in [0.1, 0.15) is 53.1 Å². The molecule has 0 bridgehead atoms. The zero-order valence-electron chi connectivity index (χ0n) is 23.1. The Hall–Kier alpha value is -3.54. The number of nitrogens with one attached hydrogen (secondary N) is 1. The second-order valence-electron chi connectivity index (χ2n) is 10.6. The van der Waals surface area contributed by atoms with Gasteiger partial charge in [-0.2, -0.15) is 0 Å². The summed E-state index contributed by atoms with van der Waals surface area (Å²) < 4.78 is 12.9. The zero-order chi connectivity index (χ0) is 28.3. The SMILES string of the molecule is CCOc1cc(C=Nc2ccc([C@@H]3Nc4ccc(C)cc4[C@H]4C=CC[C@@H]43)cc2)cc(Br)c1OCc1ccc(Cl)cc1. The standard InChI is InChI=1S/C35H32BrClN2O2/c1-3-40-33-19-24(18-31(36)35(33)41-21-23-8-12-26(37)13-9-23)20-38-27-14-10-25(11-15-27)34-29-6-4-5-28(29)30-17-22(2)7-16-32(30)39-34/h4-5,7-20,28-29,34,39H,3,6,21H2,1-2H3/t28-,29-,34-/m0/s1. The Morgan fingerprint density at radius 2 is 1.80 bits per heavy atom. The number of ether oxygens (including phenoxy) is 2. The highest BCUT2D eigenvalue weighted by atomic mass is 79.9. The number of benzene rings is 4. The first-order valence-corrected chi connectivity index (χ1v) is 15.2. The lowest BCUT2D eigenvalue weighted by Crippen LogP contribution is -2.29. The predicted molar refractivity (Wildman–Crippen MR) is 172 cm³/mol. The molecule has 1 N–H and O–H groups in total. The predicted octanol–water partition coefficient (Wildman–Crippen LogP) is 9.97. The summed E-state index contributed by atoms with van der Waals surface area (Å²) in [7, 11) is 0. The van der Waals surface area contributed by atoms with Crippen LogP contribution in [0, 0.1) is 12.8 Å². The summed E-state index contributed by atoms with van der Waals surface area (Å²) in [6.07, 6.45) is 7.67. The first-order chi connectivity index (χ1) is 20.0. The van der Waals surface area contributed by atoms with E-state index in [1.807, 2.05) is 49.5 Å². The van der Waals surface area contributed by atoms with E-state index in [0.29, 0.717) is 41.6 Å². The number of aliphatic imine (C=N–C) groups is 1. The second kappa shape index (κ2) is 12.1. The van der Waals surface area contributed by atoms with Gasteiger partial charge < -0.3 is 14.8 Å². The van der Waals surface area contributed by atoms with Crippen LogP contribution in [0.4, 0.5) is 11.4 Å². The Labute approximate surface area is 255 Å². The van der Waals surface area contributed by atoms with Crippen molar-refractivity contribution >= 4 is 45.1 Å². The molecule has 0 radical (unpaired) electrons. The molecular weight excluding hydrogens is 596 g/mol. The lowest BCUT2D eigenvalue weighted by molar-refractivity contribution is 0.267. The van der Waals surface area contributed by atoms with Gasteiger partial charge in [-0.3, -0.25) is 4.99 Å². The Balaban J connectivity index is 1.17. The molecular formula is C35H32BrClN2O2. The molecule has 6 rings (SSSR count). The highest BCUT2D eigenvalue weighted by Crippen LogP contribution is 2.50. The van der Waals surface area contributed by atoms with Gasteiger partial charge in [0.1, 0.15) is 6.61 Å². The molecule has 0 saturated heterocycles. The van der Waals surface area contributed by atoms with Crippen molar-refractivity contribution in [1.29, 1.82) is 0 Å². The van der Waals surface area contributed by atoms with Crippen LogP contribution in [-0.2, 0) is 6.61 Å². The Kier molecular flexibility index (Phi) is 8.18. The topological polar surface area (TPSA) is 42.8 Å². The molecule has 0 saturated carbocycles. The highest BCUT2D eigenvalue weighted by molar-refractivity contribution is 9.10. The molecule has 208 valence electrons. The molecule has 2 aliphatic rings. The van der Waals surface area contributed by atoms with Crippen molar-refractivity contribution in [3.05, 3.63) is 128 Å². The van der Waals surface area contributed by atoms with Gasteiger partial charge in [-0.1, -0.05) is 65.7 Å². The monoisotopic (exact) mass is 626 g/mol. The van der Waals surface area contributed by atoms with E-state index < -0.39 is 0 Å².